The Balaban J connectivity index is 2.48. The number of cyclic esters (lactones) is 1. The minimum absolute atomic E-state index is 0.00338. The van der Waals surface area contributed by atoms with Crippen LogP contribution in [-0.2, 0) is 19.1 Å². The lowest BCUT2D eigenvalue weighted by molar-refractivity contribution is -0.143. The van der Waals surface area contributed by atoms with Gasteiger partial charge >= 0.3 is 11.9 Å². The molecule has 1 aromatic carbocycles. The average Bonchev–Trinajstić information content (AvgIpc) is 2.71. The Morgan fingerprint density at radius 3 is 2.53 bits per heavy atom. The molecule has 0 spiro atoms. The molecule has 17 heavy (non-hydrogen) atoms. The number of benzene rings is 1. The van der Waals surface area contributed by atoms with Crippen molar-refractivity contribution in [2.75, 3.05) is 13.7 Å². The zero-order valence-corrected chi connectivity index (χ0v) is 9.65. The summed E-state index contributed by atoms with van der Waals surface area (Å²) < 4.78 is 9.45. The first kappa shape index (κ1) is 11.4. The van der Waals surface area contributed by atoms with E-state index in [4.69, 9.17) is 4.74 Å². The van der Waals surface area contributed by atoms with Gasteiger partial charge in [-0.25, -0.2) is 9.59 Å². The van der Waals surface area contributed by atoms with Gasteiger partial charge in [0.05, 0.1) is 7.11 Å². The van der Waals surface area contributed by atoms with E-state index in [9.17, 15) is 9.59 Å². The van der Waals surface area contributed by atoms with Crippen LogP contribution in [0.25, 0.3) is 5.57 Å². The van der Waals surface area contributed by atoms with Gasteiger partial charge in [-0.1, -0.05) is 29.8 Å². The summed E-state index contributed by atoms with van der Waals surface area (Å²) in [4.78, 5) is 22.9. The van der Waals surface area contributed by atoms with Gasteiger partial charge in [-0.15, -0.1) is 0 Å². The molecule has 0 atom stereocenters. The van der Waals surface area contributed by atoms with E-state index in [0.717, 1.165) is 11.1 Å². The molecule has 1 aliphatic heterocycles. The summed E-state index contributed by atoms with van der Waals surface area (Å²) in [5, 5.41) is 0. The molecule has 88 valence electrons. The van der Waals surface area contributed by atoms with Gasteiger partial charge in [0.1, 0.15) is 6.61 Å². The number of ether oxygens (including phenoxy) is 2. The Morgan fingerprint density at radius 1 is 1.29 bits per heavy atom. The van der Waals surface area contributed by atoms with E-state index in [1.54, 1.807) is 0 Å². The molecule has 0 radical (unpaired) electrons. The van der Waals surface area contributed by atoms with Crippen LogP contribution in [0.15, 0.2) is 29.8 Å². The van der Waals surface area contributed by atoms with Crippen molar-refractivity contribution in [1.29, 1.82) is 0 Å². The lowest BCUT2D eigenvalue weighted by Gasteiger charge is -2.03. The van der Waals surface area contributed by atoms with Crippen molar-refractivity contribution < 1.29 is 19.1 Å². The molecule has 0 aliphatic carbocycles. The molecule has 4 nitrogen and oxygen atoms in total. The van der Waals surface area contributed by atoms with Crippen LogP contribution in [0.2, 0.25) is 0 Å². The molecule has 0 N–H and O–H groups in total. The van der Waals surface area contributed by atoms with Crippen LogP contribution >= 0.6 is 0 Å². The topological polar surface area (TPSA) is 52.6 Å². The van der Waals surface area contributed by atoms with Crippen LogP contribution in [0.4, 0.5) is 0 Å². The first-order valence-electron chi connectivity index (χ1n) is 5.19. The minimum Gasteiger partial charge on any atom is -0.465 e. The summed E-state index contributed by atoms with van der Waals surface area (Å²) in [5.74, 6) is -1.27. The van der Waals surface area contributed by atoms with Crippen LogP contribution in [0, 0.1) is 6.92 Å². The zero-order chi connectivity index (χ0) is 12.4. The van der Waals surface area contributed by atoms with E-state index in [1.165, 1.54) is 7.11 Å². The smallest absolute Gasteiger partial charge is 0.346 e. The van der Waals surface area contributed by atoms with E-state index in [0.29, 0.717) is 5.57 Å². The largest absolute Gasteiger partial charge is 0.465 e. The highest BCUT2D eigenvalue weighted by molar-refractivity contribution is 6.22. The van der Waals surface area contributed by atoms with Crippen LogP contribution in [0.1, 0.15) is 11.1 Å². The number of esters is 2. The Kier molecular flexibility index (Phi) is 2.95. The lowest BCUT2D eigenvalue weighted by Crippen LogP contribution is -2.12. The molecule has 0 aromatic heterocycles. The van der Waals surface area contributed by atoms with Crippen LogP contribution in [-0.4, -0.2) is 25.7 Å². The molecule has 0 unspecified atom stereocenters. The minimum atomic E-state index is -0.650. The first-order valence-corrected chi connectivity index (χ1v) is 5.19. The van der Waals surface area contributed by atoms with Crippen molar-refractivity contribution in [3.63, 3.8) is 0 Å². The predicted molar refractivity (Wildman–Crippen MR) is 61.1 cm³/mol. The van der Waals surface area contributed by atoms with Crippen LogP contribution < -0.4 is 0 Å². The Bertz CT molecular complexity index is 497. The Morgan fingerprint density at radius 2 is 1.94 bits per heavy atom. The van der Waals surface area contributed by atoms with Gasteiger partial charge in [-0.05, 0) is 12.5 Å². The monoisotopic (exact) mass is 232 g/mol. The molecule has 0 fully saturated rings. The normalized spacial score (nSPS) is 14.8. The summed E-state index contributed by atoms with van der Waals surface area (Å²) >= 11 is 0. The van der Waals surface area contributed by atoms with Crippen molar-refractivity contribution in [1.82, 2.24) is 0 Å². The maximum Gasteiger partial charge on any atom is 0.346 e. The summed E-state index contributed by atoms with van der Waals surface area (Å²) in [5.41, 5.74) is 2.50. The highest BCUT2D eigenvalue weighted by Gasteiger charge is 2.32. The fraction of sp³-hybridized carbons (Fsp3) is 0.231. The van der Waals surface area contributed by atoms with Gasteiger partial charge in [0.15, 0.2) is 5.57 Å². The fourth-order valence-electron chi connectivity index (χ4n) is 1.70. The number of hydrogen-bond donors (Lipinski definition) is 0. The first-order chi connectivity index (χ1) is 8.13. The van der Waals surface area contributed by atoms with Crippen LogP contribution in [0.3, 0.4) is 0 Å². The van der Waals surface area contributed by atoms with Crippen molar-refractivity contribution in [3.8, 4) is 0 Å². The Labute approximate surface area is 98.8 Å². The van der Waals surface area contributed by atoms with Gasteiger partial charge in [0.2, 0.25) is 0 Å². The molecule has 1 heterocycles. The molecule has 0 saturated heterocycles. The second-order valence-electron chi connectivity index (χ2n) is 3.79. The number of hydrogen-bond acceptors (Lipinski definition) is 4. The molecule has 0 bridgehead atoms. The second-order valence-corrected chi connectivity index (χ2v) is 3.79. The summed E-state index contributed by atoms with van der Waals surface area (Å²) in [7, 11) is 1.24. The number of carbonyl (C=O) groups is 2. The molecule has 2 rings (SSSR count). The zero-order valence-electron chi connectivity index (χ0n) is 9.65. The van der Waals surface area contributed by atoms with Gasteiger partial charge in [0, 0.05) is 5.57 Å². The molecule has 1 aromatic rings. The number of carbonyl (C=O) groups excluding carboxylic acids is 2. The maximum absolute atomic E-state index is 11.5. The third kappa shape index (κ3) is 2.06. The summed E-state index contributed by atoms with van der Waals surface area (Å²) in [6, 6.07) is 7.55. The van der Waals surface area contributed by atoms with E-state index in [-0.39, 0.29) is 12.2 Å². The van der Waals surface area contributed by atoms with Crippen LogP contribution in [0.5, 0.6) is 0 Å². The van der Waals surface area contributed by atoms with E-state index in [2.05, 4.69) is 4.74 Å². The standard InChI is InChI=1S/C13H12O4/c1-8-3-5-9(6-4-8)10-7-17-13(15)11(10)12(14)16-2/h3-6H,7H2,1-2H3. The predicted octanol–water partition coefficient (Wildman–Crippen LogP) is 1.48. The summed E-state index contributed by atoms with van der Waals surface area (Å²) in [6.45, 7) is 2.09. The fourth-order valence-corrected chi connectivity index (χ4v) is 1.70. The van der Waals surface area contributed by atoms with Crippen molar-refractivity contribution >= 4 is 17.5 Å². The highest BCUT2D eigenvalue weighted by atomic mass is 16.6. The number of aryl methyl sites for hydroxylation is 1. The molecule has 1 aliphatic rings. The van der Waals surface area contributed by atoms with E-state index < -0.39 is 11.9 Å². The quantitative estimate of drug-likeness (QED) is 0.572. The van der Waals surface area contributed by atoms with E-state index >= 15 is 0 Å². The third-order valence-electron chi connectivity index (χ3n) is 2.64. The molecular formula is C13H12O4. The van der Waals surface area contributed by atoms with Gasteiger partial charge in [-0.2, -0.15) is 0 Å². The number of rotatable bonds is 2. The second kappa shape index (κ2) is 4.41. The Hall–Kier alpha value is -2.10. The molecular weight excluding hydrogens is 220 g/mol. The lowest BCUT2D eigenvalue weighted by atomic mass is 10.0. The summed E-state index contributed by atoms with van der Waals surface area (Å²) in [6.07, 6.45) is 0. The van der Waals surface area contributed by atoms with E-state index in [1.807, 2.05) is 31.2 Å². The molecule has 4 heteroatoms. The van der Waals surface area contributed by atoms with Gasteiger partial charge in [0.25, 0.3) is 0 Å². The van der Waals surface area contributed by atoms with Crippen molar-refractivity contribution in [3.05, 3.63) is 41.0 Å². The maximum atomic E-state index is 11.5. The van der Waals surface area contributed by atoms with Crippen molar-refractivity contribution in [2.24, 2.45) is 0 Å². The average molecular weight is 232 g/mol. The molecule has 0 amide bonds. The van der Waals surface area contributed by atoms with Gasteiger partial charge < -0.3 is 9.47 Å². The SMILES string of the molecule is COC(=O)C1=C(c2ccc(C)cc2)COC1=O. The number of methoxy groups -OCH3 is 1. The highest BCUT2D eigenvalue weighted by Crippen LogP contribution is 2.26. The van der Waals surface area contributed by atoms with Gasteiger partial charge in [-0.3, -0.25) is 0 Å². The third-order valence-corrected chi connectivity index (χ3v) is 2.64. The molecule has 0 saturated carbocycles. The van der Waals surface area contributed by atoms with Crippen molar-refractivity contribution in [2.45, 2.75) is 6.92 Å².